The zero-order valence-electron chi connectivity index (χ0n) is 15.2. The zero-order chi connectivity index (χ0) is 19.3. The van der Waals surface area contributed by atoms with Crippen molar-refractivity contribution in [3.05, 3.63) is 46.1 Å². The minimum atomic E-state index is -0.585. The van der Waals surface area contributed by atoms with Gasteiger partial charge in [0.05, 0.1) is 5.69 Å². The summed E-state index contributed by atoms with van der Waals surface area (Å²) in [6, 6.07) is 5.15. The van der Waals surface area contributed by atoms with Crippen molar-refractivity contribution in [2.75, 3.05) is 5.32 Å². The summed E-state index contributed by atoms with van der Waals surface area (Å²) in [5, 5.41) is 16.3. The van der Waals surface area contributed by atoms with Gasteiger partial charge < -0.3 is 15.5 Å². The summed E-state index contributed by atoms with van der Waals surface area (Å²) < 4.78 is 0. The number of fused-ring (bicyclic) bond motifs is 2. The summed E-state index contributed by atoms with van der Waals surface area (Å²) >= 11 is 0. The molecule has 5 rings (SSSR count). The number of imide groups is 1. The Morgan fingerprint density at radius 3 is 2.96 bits per heavy atom. The molecule has 0 radical (unpaired) electrons. The van der Waals surface area contributed by atoms with E-state index < -0.39 is 6.04 Å². The van der Waals surface area contributed by atoms with Crippen molar-refractivity contribution in [1.29, 1.82) is 0 Å². The predicted octanol–water partition coefficient (Wildman–Crippen LogP) is 0.386. The molecule has 1 aromatic carbocycles. The molecular weight excluding hydrogens is 360 g/mol. The van der Waals surface area contributed by atoms with E-state index in [2.05, 4.69) is 26.1 Å². The summed E-state index contributed by atoms with van der Waals surface area (Å²) in [5.74, 6) is 0.0288. The summed E-state index contributed by atoms with van der Waals surface area (Å²) in [5.41, 5.74) is 4.85. The number of carbonyl (C=O) groups excluding carboxylic acids is 3. The van der Waals surface area contributed by atoms with E-state index >= 15 is 0 Å². The molecule has 0 aliphatic carbocycles. The van der Waals surface area contributed by atoms with E-state index in [1.807, 2.05) is 18.2 Å². The fourth-order valence-electron chi connectivity index (χ4n) is 4.12. The molecular formula is C19H20N6O3. The lowest BCUT2D eigenvalue weighted by molar-refractivity contribution is -0.136. The van der Waals surface area contributed by atoms with Crippen LogP contribution in [-0.2, 0) is 35.8 Å². The Hall–Kier alpha value is -3.20. The molecule has 4 N–H and O–H groups in total. The first-order valence-corrected chi connectivity index (χ1v) is 9.37. The molecule has 4 heterocycles. The first kappa shape index (κ1) is 16.9. The van der Waals surface area contributed by atoms with Crippen LogP contribution in [0.5, 0.6) is 0 Å². The number of anilines is 1. The number of hydrogen-bond donors (Lipinski definition) is 4. The van der Waals surface area contributed by atoms with Crippen LogP contribution in [0.4, 0.5) is 5.82 Å². The van der Waals surface area contributed by atoms with Gasteiger partial charge in [0, 0.05) is 43.7 Å². The molecule has 1 atom stereocenters. The maximum absolute atomic E-state index is 12.7. The minimum absolute atomic E-state index is 0.153. The Bertz CT molecular complexity index is 998. The molecule has 1 aromatic heterocycles. The third kappa shape index (κ3) is 2.75. The lowest BCUT2D eigenvalue weighted by Crippen LogP contribution is -2.52. The third-order valence-corrected chi connectivity index (χ3v) is 5.60. The van der Waals surface area contributed by atoms with Gasteiger partial charge in [-0.15, -0.1) is 0 Å². The van der Waals surface area contributed by atoms with E-state index in [1.54, 1.807) is 4.90 Å². The molecule has 144 valence electrons. The van der Waals surface area contributed by atoms with Gasteiger partial charge in [-0.25, -0.2) is 0 Å². The van der Waals surface area contributed by atoms with E-state index in [-0.39, 0.29) is 24.1 Å². The molecule has 1 unspecified atom stereocenters. The van der Waals surface area contributed by atoms with Gasteiger partial charge in [-0.3, -0.25) is 24.8 Å². The van der Waals surface area contributed by atoms with Gasteiger partial charge in [0.15, 0.2) is 5.82 Å². The number of nitrogens with one attached hydrogen (secondary N) is 4. The average Bonchev–Trinajstić information content (AvgIpc) is 3.36. The Morgan fingerprint density at radius 1 is 1.21 bits per heavy atom. The number of benzene rings is 1. The van der Waals surface area contributed by atoms with Crippen LogP contribution in [0.1, 0.15) is 45.6 Å². The highest BCUT2D eigenvalue weighted by Crippen LogP contribution is 2.28. The number of nitrogens with zero attached hydrogens (tertiary/aromatic N) is 2. The van der Waals surface area contributed by atoms with Gasteiger partial charge in [-0.1, -0.05) is 12.1 Å². The molecule has 1 saturated heterocycles. The fourth-order valence-corrected chi connectivity index (χ4v) is 4.12. The number of carbonyl (C=O) groups is 3. The lowest BCUT2D eigenvalue weighted by atomic mass is 10.0. The molecule has 3 amide bonds. The summed E-state index contributed by atoms with van der Waals surface area (Å²) in [7, 11) is 0. The SMILES string of the molecule is O=C1CCC(N2Cc3cc(CNc4n[nH]c5c4CNC5)ccc3C2=O)C(=O)N1. The largest absolute Gasteiger partial charge is 0.364 e. The summed E-state index contributed by atoms with van der Waals surface area (Å²) in [6.45, 7) is 2.59. The van der Waals surface area contributed by atoms with Crippen molar-refractivity contribution in [3.63, 3.8) is 0 Å². The average molecular weight is 380 g/mol. The quantitative estimate of drug-likeness (QED) is 0.570. The van der Waals surface area contributed by atoms with Crippen molar-refractivity contribution in [1.82, 2.24) is 25.7 Å². The van der Waals surface area contributed by atoms with Crippen LogP contribution in [0.2, 0.25) is 0 Å². The van der Waals surface area contributed by atoms with Crippen molar-refractivity contribution in [3.8, 4) is 0 Å². The molecule has 1 fully saturated rings. The first-order valence-electron chi connectivity index (χ1n) is 9.37. The van der Waals surface area contributed by atoms with Crippen molar-refractivity contribution < 1.29 is 14.4 Å². The molecule has 9 nitrogen and oxygen atoms in total. The highest BCUT2D eigenvalue weighted by atomic mass is 16.2. The van der Waals surface area contributed by atoms with Crippen LogP contribution in [0.25, 0.3) is 0 Å². The second-order valence-corrected chi connectivity index (χ2v) is 7.38. The highest BCUT2D eigenvalue weighted by molar-refractivity contribution is 6.05. The topological polar surface area (TPSA) is 119 Å². The van der Waals surface area contributed by atoms with Crippen LogP contribution in [0.15, 0.2) is 18.2 Å². The number of amides is 3. The van der Waals surface area contributed by atoms with Crippen molar-refractivity contribution >= 4 is 23.5 Å². The van der Waals surface area contributed by atoms with Crippen molar-refractivity contribution in [2.45, 2.75) is 45.1 Å². The van der Waals surface area contributed by atoms with Crippen LogP contribution < -0.4 is 16.0 Å². The Morgan fingerprint density at radius 2 is 2.11 bits per heavy atom. The van der Waals surface area contributed by atoms with Gasteiger partial charge in [0.2, 0.25) is 11.8 Å². The van der Waals surface area contributed by atoms with E-state index in [0.717, 1.165) is 35.7 Å². The Kier molecular flexibility index (Phi) is 3.90. The molecule has 28 heavy (non-hydrogen) atoms. The molecule has 3 aliphatic heterocycles. The molecule has 0 bridgehead atoms. The molecule has 9 heteroatoms. The monoisotopic (exact) mass is 380 g/mol. The number of piperidine rings is 1. The number of rotatable bonds is 4. The number of aromatic amines is 1. The lowest BCUT2D eigenvalue weighted by Gasteiger charge is -2.29. The molecule has 3 aliphatic rings. The van der Waals surface area contributed by atoms with Gasteiger partial charge in [-0.2, -0.15) is 5.10 Å². The van der Waals surface area contributed by atoms with Crippen LogP contribution >= 0.6 is 0 Å². The van der Waals surface area contributed by atoms with Crippen LogP contribution in [0, 0.1) is 0 Å². The second-order valence-electron chi connectivity index (χ2n) is 7.38. The standard InChI is InChI=1S/C19H20N6O3/c26-16-4-3-15(18(27)22-16)25-9-11-5-10(1-2-12(11)19(25)28)6-21-17-13-7-20-8-14(13)23-24-17/h1-2,5,15,20H,3-4,6-9H2,(H2,21,23,24)(H,22,26,27). The zero-order valence-corrected chi connectivity index (χ0v) is 15.2. The van der Waals surface area contributed by atoms with Crippen LogP contribution in [0.3, 0.4) is 0 Å². The number of aromatic nitrogens is 2. The number of hydrogen-bond acceptors (Lipinski definition) is 6. The summed E-state index contributed by atoms with van der Waals surface area (Å²) in [4.78, 5) is 37.8. The van der Waals surface area contributed by atoms with Gasteiger partial charge in [-0.05, 0) is 23.6 Å². The normalized spacial score (nSPS) is 20.9. The summed E-state index contributed by atoms with van der Waals surface area (Å²) in [6.07, 6.45) is 0.631. The predicted molar refractivity (Wildman–Crippen MR) is 98.9 cm³/mol. The van der Waals surface area contributed by atoms with Crippen LogP contribution in [-0.4, -0.2) is 38.9 Å². The van der Waals surface area contributed by atoms with E-state index in [9.17, 15) is 14.4 Å². The maximum atomic E-state index is 12.7. The smallest absolute Gasteiger partial charge is 0.255 e. The first-order chi connectivity index (χ1) is 13.6. The van der Waals surface area contributed by atoms with E-state index in [1.165, 1.54) is 5.56 Å². The Labute approximate surface area is 160 Å². The maximum Gasteiger partial charge on any atom is 0.255 e. The molecule has 0 spiro atoms. The highest BCUT2D eigenvalue weighted by Gasteiger charge is 2.39. The molecule has 0 saturated carbocycles. The fraction of sp³-hybridized carbons (Fsp3) is 0.368. The number of H-pyrrole nitrogens is 1. The third-order valence-electron chi connectivity index (χ3n) is 5.60. The van der Waals surface area contributed by atoms with Gasteiger partial charge in [0.25, 0.3) is 5.91 Å². The van der Waals surface area contributed by atoms with E-state index in [0.29, 0.717) is 25.1 Å². The van der Waals surface area contributed by atoms with Gasteiger partial charge in [0.1, 0.15) is 6.04 Å². The minimum Gasteiger partial charge on any atom is -0.364 e. The Balaban J connectivity index is 1.30. The van der Waals surface area contributed by atoms with Gasteiger partial charge >= 0.3 is 0 Å². The molecule has 2 aromatic rings. The van der Waals surface area contributed by atoms with Crippen molar-refractivity contribution in [2.24, 2.45) is 0 Å². The van der Waals surface area contributed by atoms with E-state index in [4.69, 9.17) is 0 Å². The second kappa shape index (κ2) is 6.45.